The van der Waals surface area contributed by atoms with E-state index >= 15 is 0 Å². The van der Waals surface area contributed by atoms with Gasteiger partial charge in [0.25, 0.3) is 0 Å². The number of likely N-dealkylation sites (tertiary alicyclic amines) is 2. The maximum absolute atomic E-state index is 14.2. The fourth-order valence-corrected chi connectivity index (χ4v) is 9.96. The zero-order valence-electron chi connectivity index (χ0n) is 28.9. The number of likely N-dealkylation sites (N-methyl/N-ethyl adjacent to an activating group) is 2. The summed E-state index contributed by atoms with van der Waals surface area (Å²) in [5.74, 6) is -4.22. The van der Waals surface area contributed by atoms with Gasteiger partial charge >= 0.3 is 0 Å². The van der Waals surface area contributed by atoms with Crippen LogP contribution in [-0.2, 0) is 39.2 Å². The molecule has 4 heterocycles. The Morgan fingerprint density at radius 2 is 0.920 bits per heavy atom. The predicted octanol–water partition coefficient (Wildman–Crippen LogP) is 0.280. The minimum absolute atomic E-state index is 0.0483. The number of imide groups is 2. The number of hydrogen-bond donors (Lipinski definition) is 0. The van der Waals surface area contributed by atoms with Crippen molar-refractivity contribution in [3.8, 4) is 11.5 Å². The van der Waals surface area contributed by atoms with Gasteiger partial charge in [0.1, 0.15) is 33.4 Å². The molecular weight excluding hydrogens is 693 g/mol. The summed E-state index contributed by atoms with van der Waals surface area (Å²) in [6.45, 7) is 3.42. The molecule has 6 unspecified atom stereocenters. The van der Waals surface area contributed by atoms with Crippen LogP contribution in [0.2, 0.25) is 0 Å². The van der Waals surface area contributed by atoms with Crippen LogP contribution in [0.1, 0.15) is 37.1 Å². The van der Waals surface area contributed by atoms with Gasteiger partial charge in [-0.2, -0.15) is 0 Å². The molecule has 0 spiro atoms. The van der Waals surface area contributed by atoms with Crippen molar-refractivity contribution in [2.24, 2.45) is 11.8 Å². The van der Waals surface area contributed by atoms with Crippen molar-refractivity contribution < 1.29 is 45.5 Å². The van der Waals surface area contributed by atoms with E-state index < -0.39 is 79.7 Å². The molecule has 4 saturated heterocycles. The molecule has 0 radical (unpaired) electrons. The molecule has 0 bridgehead atoms. The lowest BCUT2D eigenvalue weighted by molar-refractivity contribution is -0.152. The van der Waals surface area contributed by atoms with Crippen LogP contribution in [0.4, 0.5) is 0 Å². The zero-order chi connectivity index (χ0) is 36.8. The predicted molar refractivity (Wildman–Crippen MR) is 176 cm³/mol. The summed E-state index contributed by atoms with van der Waals surface area (Å²) < 4.78 is 66.8. The number of hydrogen-bond acceptors (Lipinski definition) is 12. The second kappa shape index (κ2) is 12.4. The minimum Gasteiger partial charge on any atom is -0.495 e. The summed E-state index contributed by atoms with van der Waals surface area (Å²) >= 11 is 0. The minimum atomic E-state index is -4.08. The molecule has 4 amide bonds. The number of hydrazine groups is 1. The SMILES string of the molecule is CCN1C(=O)C2C(C1=O)N1C(c3ccc(OC)c(S(=O)(=O)N(C)C)c3)C3C(=O)N(CC)C(=O)C3N1C2c1ccc(OC)c(S(=O)(=O)N(C)C)c1. The molecule has 0 aliphatic carbocycles. The molecule has 0 aromatic heterocycles. The lowest BCUT2D eigenvalue weighted by Gasteiger charge is -2.35. The van der Waals surface area contributed by atoms with Crippen molar-refractivity contribution in [3.05, 3.63) is 47.5 Å². The third-order valence-corrected chi connectivity index (χ3v) is 13.8. The van der Waals surface area contributed by atoms with E-state index in [1.54, 1.807) is 36.0 Å². The molecule has 0 saturated carbocycles. The van der Waals surface area contributed by atoms with E-state index in [0.29, 0.717) is 11.1 Å². The van der Waals surface area contributed by atoms with Gasteiger partial charge in [-0.3, -0.25) is 29.0 Å². The molecule has 4 fully saturated rings. The molecule has 270 valence electrons. The van der Waals surface area contributed by atoms with E-state index in [0.717, 1.165) is 18.4 Å². The number of carbonyl (C=O) groups is 4. The average Bonchev–Trinajstić information content (AvgIpc) is 3.74. The van der Waals surface area contributed by atoms with Gasteiger partial charge in [0.05, 0.1) is 38.1 Å². The van der Waals surface area contributed by atoms with Crippen molar-refractivity contribution >= 4 is 43.7 Å². The van der Waals surface area contributed by atoms with Crippen molar-refractivity contribution in [1.29, 1.82) is 0 Å². The molecular formula is C32H40N6O10S2. The highest BCUT2D eigenvalue weighted by atomic mass is 32.2. The summed E-state index contributed by atoms with van der Waals surface area (Å²) in [5, 5.41) is 3.17. The largest absolute Gasteiger partial charge is 0.495 e. The summed E-state index contributed by atoms with van der Waals surface area (Å²) in [4.78, 5) is 58.5. The van der Waals surface area contributed by atoms with Crippen molar-refractivity contribution in [3.63, 3.8) is 0 Å². The number of methoxy groups -OCH3 is 2. The lowest BCUT2D eigenvalue weighted by atomic mass is 9.84. The van der Waals surface area contributed by atoms with Gasteiger partial charge in [0, 0.05) is 41.3 Å². The van der Waals surface area contributed by atoms with Crippen LogP contribution in [0.15, 0.2) is 46.2 Å². The van der Waals surface area contributed by atoms with Gasteiger partial charge in [-0.1, -0.05) is 12.1 Å². The molecule has 6 rings (SSSR count). The van der Waals surface area contributed by atoms with E-state index in [2.05, 4.69) is 0 Å². The Hall–Kier alpha value is -3.94. The van der Waals surface area contributed by atoms with E-state index in [-0.39, 0.29) is 34.4 Å². The fraction of sp³-hybridized carbons (Fsp3) is 0.500. The first-order valence-electron chi connectivity index (χ1n) is 16.0. The number of amides is 4. The van der Waals surface area contributed by atoms with Gasteiger partial charge < -0.3 is 9.47 Å². The standard InChI is InChI=1S/C32H40N6O10S2/c1-9-35-29(39)23-25(17-11-13-19(47-7)21(15-17)49(43,44)33(3)4)38-28-24(30(40)36(10-2)32(28)42)26(37(38)27(23)31(35)41)18-12-14-20(48-8)22(16-18)50(45,46)34(5)6/h11-16,23-28H,9-10H2,1-8H3. The van der Waals surface area contributed by atoms with Crippen LogP contribution < -0.4 is 9.47 Å². The summed E-state index contributed by atoms with van der Waals surface area (Å²) in [6.07, 6.45) is 0. The fourth-order valence-electron chi connectivity index (χ4n) is 7.79. The zero-order valence-corrected chi connectivity index (χ0v) is 30.6. The van der Waals surface area contributed by atoms with E-state index in [1.165, 1.54) is 66.7 Å². The van der Waals surface area contributed by atoms with Crippen molar-refractivity contribution in [1.82, 2.24) is 28.4 Å². The number of benzene rings is 2. The van der Waals surface area contributed by atoms with Crippen LogP contribution in [0, 0.1) is 11.8 Å². The van der Waals surface area contributed by atoms with E-state index in [4.69, 9.17) is 9.47 Å². The highest BCUT2D eigenvalue weighted by molar-refractivity contribution is 7.89. The van der Waals surface area contributed by atoms with Crippen LogP contribution in [-0.4, -0.2) is 136 Å². The normalized spacial score (nSPS) is 27.2. The molecule has 16 nitrogen and oxygen atoms in total. The number of nitrogens with zero attached hydrogens (tertiary/aromatic N) is 6. The number of carbonyl (C=O) groups excluding carboxylic acids is 4. The Balaban J connectivity index is 1.64. The van der Waals surface area contributed by atoms with Gasteiger partial charge in [0.15, 0.2) is 0 Å². The summed E-state index contributed by atoms with van der Waals surface area (Å²) in [5.41, 5.74) is 0.617. The molecule has 18 heteroatoms. The first kappa shape index (κ1) is 35.9. The maximum Gasteiger partial charge on any atom is 0.248 e. The van der Waals surface area contributed by atoms with Gasteiger partial charge in [0.2, 0.25) is 43.7 Å². The lowest BCUT2D eigenvalue weighted by Crippen LogP contribution is -2.50. The van der Waals surface area contributed by atoms with Crippen LogP contribution in [0.25, 0.3) is 0 Å². The quantitative estimate of drug-likeness (QED) is 0.306. The topological polar surface area (TPSA) is 174 Å². The third kappa shape index (κ3) is 4.83. The second-order valence-electron chi connectivity index (χ2n) is 12.8. The Labute approximate surface area is 291 Å². The number of fused-ring (bicyclic) bond motifs is 5. The number of rotatable bonds is 10. The van der Waals surface area contributed by atoms with Crippen LogP contribution >= 0.6 is 0 Å². The average molecular weight is 733 g/mol. The van der Waals surface area contributed by atoms with Crippen molar-refractivity contribution in [2.75, 3.05) is 55.5 Å². The van der Waals surface area contributed by atoms with Crippen molar-refractivity contribution in [2.45, 2.75) is 47.8 Å². The van der Waals surface area contributed by atoms with E-state index in [1.807, 2.05) is 0 Å². The Morgan fingerprint density at radius 1 is 0.580 bits per heavy atom. The number of ether oxygens (including phenoxy) is 2. The molecule has 4 aliphatic heterocycles. The van der Waals surface area contributed by atoms with Gasteiger partial charge in [-0.05, 0) is 49.2 Å². The Kier molecular flexibility index (Phi) is 8.88. The maximum atomic E-state index is 14.2. The summed E-state index contributed by atoms with van der Waals surface area (Å²) in [6, 6.07) is 4.32. The van der Waals surface area contributed by atoms with E-state index in [9.17, 15) is 36.0 Å². The van der Waals surface area contributed by atoms with Crippen LogP contribution in [0.5, 0.6) is 11.5 Å². The molecule has 0 N–H and O–H groups in total. The molecule has 6 atom stereocenters. The monoisotopic (exact) mass is 732 g/mol. The third-order valence-electron chi connectivity index (χ3n) is 10.1. The Bertz CT molecular complexity index is 1880. The Morgan fingerprint density at radius 3 is 1.20 bits per heavy atom. The second-order valence-corrected chi connectivity index (χ2v) is 17.1. The first-order chi connectivity index (χ1) is 23.5. The molecule has 2 aromatic carbocycles. The smallest absolute Gasteiger partial charge is 0.248 e. The summed E-state index contributed by atoms with van der Waals surface area (Å²) in [7, 11) is -0.0450. The van der Waals surface area contributed by atoms with Gasteiger partial charge in [-0.15, -0.1) is 0 Å². The van der Waals surface area contributed by atoms with Gasteiger partial charge in [-0.25, -0.2) is 35.5 Å². The highest BCUT2D eigenvalue weighted by Gasteiger charge is 2.73. The molecule has 4 aliphatic rings. The van der Waals surface area contributed by atoms with Crippen LogP contribution in [0.3, 0.4) is 0 Å². The number of sulfonamides is 2. The first-order valence-corrected chi connectivity index (χ1v) is 18.9. The molecule has 2 aromatic rings. The molecule has 50 heavy (non-hydrogen) atoms. The highest BCUT2D eigenvalue weighted by Crippen LogP contribution is 2.59.